The molecule has 0 aliphatic rings. The number of nitrogens with one attached hydrogen (secondary N) is 2. The molecule has 0 fully saturated rings. The van der Waals surface area contributed by atoms with Crippen LogP contribution in [0, 0.1) is 6.92 Å². The van der Waals surface area contributed by atoms with Crippen molar-refractivity contribution in [3.63, 3.8) is 0 Å². The molecule has 9 heteroatoms. The number of benzene rings is 3. The molecule has 3 rings (SSSR count). The van der Waals surface area contributed by atoms with Crippen LogP contribution in [0.15, 0.2) is 88.9 Å². The molecule has 3 aromatic carbocycles. The van der Waals surface area contributed by atoms with Crippen molar-refractivity contribution in [2.24, 2.45) is 5.10 Å². The van der Waals surface area contributed by atoms with Crippen molar-refractivity contribution >= 4 is 28.1 Å². The SMILES string of the molecule is Cc1cccc(C(=O)Oc2ccc(C=NNC(=O)CNS(=O)(=O)c3ccccc3)cc2)c1. The van der Waals surface area contributed by atoms with Gasteiger partial charge < -0.3 is 4.74 Å². The number of sulfonamides is 1. The summed E-state index contributed by atoms with van der Waals surface area (Å²) < 4.78 is 31.7. The van der Waals surface area contributed by atoms with Gasteiger partial charge in [0.1, 0.15) is 5.75 Å². The van der Waals surface area contributed by atoms with Crippen LogP contribution in [0.1, 0.15) is 21.5 Å². The molecule has 3 aromatic rings. The Hall–Kier alpha value is -3.82. The van der Waals surface area contributed by atoms with Crippen molar-refractivity contribution in [2.75, 3.05) is 6.54 Å². The average molecular weight is 452 g/mol. The van der Waals surface area contributed by atoms with Crippen molar-refractivity contribution in [2.45, 2.75) is 11.8 Å². The highest BCUT2D eigenvalue weighted by molar-refractivity contribution is 7.89. The zero-order valence-corrected chi connectivity index (χ0v) is 18.0. The number of carbonyl (C=O) groups is 2. The van der Waals surface area contributed by atoms with Crippen LogP contribution >= 0.6 is 0 Å². The number of nitrogens with zero attached hydrogens (tertiary/aromatic N) is 1. The maximum Gasteiger partial charge on any atom is 0.343 e. The summed E-state index contributed by atoms with van der Waals surface area (Å²) in [6.07, 6.45) is 1.38. The van der Waals surface area contributed by atoms with E-state index in [2.05, 4.69) is 15.2 Å². The quantitative estimate of drug-likeness (QED) is 0.237. The normalized spacial score (nSPS) is 11.3. The first-order chi connectivity index (χ1) is 15.3. The number of amides is 1. The summed E-state index contributed by atoms with van der Waals surface area (Å²) in [4.78, 5) is 24.1. The second kappa shape index (κ2) is 10.5. The molecule has 164 valence electrons. The fraction of sp³-hybridized carbons (Fsp3) is 0.0870. The van der Waals surface area contributed by atoms with Crippen molar-refractivity contribution < 1.29 is 22.7 Å². The third-order valence-corrected chi connectivity index (χ3v) is 5.64. The van der Waals surface area contributed by atoms with Crippen molar-refractivity contribution in [1.29, 1.82) is 0 Å². The fourth-order valence-corrected chi connectivity index (χ4v) is 3.63. The zero-order chi connectivity index (χ0) is 23.0. The van der Waals surface area contributed by atoms with Crippen molar-refractivity contribution in [1.82, 2.24) is 10.1 Å². The third-order valence-electron chi connectivity index (χ3n) is 4.22. The Balaban J connectivity index is 1.48. The highest BCUT2D eigenvalue weighted by Crippen LogP contribution is 2.14. The highest BCUT2D eigenvalue weighted by atomic mass is 32.2. The number of aryl methyl sites for hydroxylation is 1. The summed E-state index contributed by atoms with van der Waals surface area (Å²) in [7, 11) is -3.77. The molecule has 32 heavy (non-hydrogen) atoms. The van der Waals surface area contributed by atoms with Crippen molar-refractivity contribution in [3.8, 4) is 5.75 Å². The Morgan fingerprint density at radius 2 is 1.69 bits per heavy atom. The van der Waals surface area contributed by atoms with Gasteiger partial charge in [-0.1, -0.05) is 35.9 Å². The van der Waals surface area contributed by atoms with Gasteiger partial charge in [-0.3, -0.25) is 4.79 Å². The average Bonchev–Trinajstić information content (AvgIpc) is 2.79. The van der Waals surface area contributed by atoms with Crippen LogP contribution in [-0.4, -0.2) is 33.1 Å². The van der Waals surface area contributed by atoms with Gasteiger partial charge >= 0.3 is 5.97 Å². The molecule has 1 amide bonds. The van der Waals surface area contributed by atoms with Crippen LogP contribution in [0.2, 0.25) is 0 Å². The van der Waals surface area contributed by atoms with E-state index >= 15 is 0 Å². The van der Waals surface area contributed by atoms with E-state index in [1.165, 1.54) is 18.3 Å². The Labute approximate surface area is 186 Å². The molecule has 0 heterocycles. The molecule has 2 N–H and O–H groups in total. The first kappa shape index (κ1) is 22.9. The summed E-state index contributed by atoms with van der Waals surface area (Å²) in [6, 6.07) is 21.4. The summed E-state index contributed by atoms with van der Waals surface area (Å²) in [6.45, 7) is 1.43. The van der Waals surface area contributed by atoms with E-state index in [0.29, 0.717) is 16.9 Å². The molecular formula is C23H21N3O5S. The first-order valence-corrected chi connectivity index (χ1v) is 11.1. The predicted octanol–water partition coefficient (Wildman–Crippen LogP) is 2.64. The minimum absolute atomic E-state index is 0.0690. The van der Waals surface area contributed by atoms with Gasteiger partial charge in [-0.2, -0.15) is 5.10 Å². The Kier molecular flexibility index (Phi) is 7.48. The van der Waals surface area contributed by atoms with E-state index in [0.717, 1.165) is 5.56 Å². The molecule has 0 aromatic heterocycles. The lowest BCUT2D eigenvalue weighted by molar-refractivity contribution is -0.119. The van der Waals surface area contributed by atoms with Gasteiger partial charge in [0.05, 0.1) is 23.2 Å². The Morgan fingerprint density at radius 3 is 2.38 bits per heavy atom. The molecule has 0 atom stereocenters. The zero-order valence-electron chi connectivity index (χ0n) is 17.2. The standard InChI is InChI=1S/C23H21N3O5S/c1-17-6-5-7-19(14-17)23(28)31-20-12-10-18(11-13-20)15-24-26-22(27)16-25-32(29,30)21-8-3-2-4-9-21/h2-15,25H,16H2,1H3,(H,26,27). The molecule has 0 aliphatic heterocycles. The highest BCUT2D eigenvalue weighted by Gasteiger charge is 2.14. The van der Waals surface area contributed by atoms with Crippen LogP contribution < -0.4 is 14.9 Å². The monoisotopic (exact) mass is 451 g/mol. The minimum Gasteiger partial charge on any atom is -0.423 e. The van der Waals surface area contributed by atoms with Gasteiger partial charge in [-0.25, -0.2) is 23.4 Å². The molecule has 0 radical (unpaired) electrons. The van der Waals surface area contributed by atoms with Gasteiger partial charge in [0.2, 0.25) is 10.0 Å². The van der Waals surface area contributed by atoms with Crippen LogP contribution in [0.25, 0.3) is 0 Å². The number of hydrazone groups is 1. The minimum atomic E-state index is -3.77. The van der Waals surface area contributed by atoms with E-state index < -0.39 is 28.4 Å². The summed E-state index contributed by atoms with van der Waals surface area (Å²) in [5, 5.41) is 3.80. The summed E-state index contributed by atoms with van der Waals surface area (Å²) in [5.41, 5.74) is 4.31. The molecule has 0 bridgehead atoms. The van der Waals surface area contributed by atoms with Crippen LogP contribution in [0.4, 0.5) is 0 Å². The van der Waals surface area contributed by atoms with Crippen LogP contribution in [0.3, 0.4) is 0 Å². The lowest BCUT2D eigenvalue weighted by Crippen LogP contribution is -2.34. The maximum absolute atomic E-state index is 12.2. The summed E-state index contributed by atoms with van der Waals surface area (Å²) >= 11 is 0. The fourth-order valence-electron chi connectivity index (χ4n) is 2.62. The number of rotatable bonds is 8. The Bertz CT molecular complexity index is 1220. The topological polar surface area (TPSA) is 114 Å². The van der Waals surface area contributed by atoms with Crippen LogP contribution in [0.5, 0.6) is 5.75 Å². The first-order valence-electron chi connectivity index (χ1n) is 9.59. The predicted molar refractivity (Wildman–Crippen MR) is 120 cm³/mol. The Morgan fingerprint density at radius 1 is 0.969 bits per heavy atom. The molecule has 0 saturated heterocycles. The smallest absolute Gasteiger partial charge is 0.343 e. The molecule has 0 spiro atoms. The van der Waals surface area contributed by atoms with E-state index in [1.54, 1.807) is 60.7 Å². The van der Waals surface area contributed by atoms with Gasteiger partial charge in [0.15, 0.2) is 0 Å². The number of carbonyl (C=O) groups excluding carboxylic acids is 2. The number of hydrogen-bond donors (Lipinski definition) is 2. The molecule has 0 unspecified atom stereocenters. The largest absolute Gasteiger partial charge is 0.423 e. The van der Waals surface area contributed by atoms with E-state index in [4.69, 9.17) is 4.74 Å². The lowest BCUT2D eigenvalue weighted by atomic mass is 10.1. The molecule has 0 saturated carbocycles. The summed E-state index contributed by atoms with van der Waals surface area (Å²) in [5.74, 6) is -0.710. The number of ether oxygens (including phenoxy) is 1. The van der Waals surface area contributed by atoms with Crippen molar-refractivity contribution in [3.05, 3.63) is 95.6 Å². The second-order valence-electron chi connectivity index (χ2n) is 6.76. The van der Waals surface area contributed by atoms with E-state index in [9.17, 15) is 18.0 Å². The molecule has 0 aliphatic carbocycles. The van der Waals surface area contributed by atoms with Gasteiger partial charge in [-0.05, 0) is 61.0 Å². The van der Waals surface area contributed by atoms with Gasteiger partial charge in [0.25, 0.3) is 5.91 Å². The third kappa shape index (κ3) is 6.59. The maximum atomic E-state index is 12.2. The number of esters is 1. The van der Waals surface area contributed by atoms with E-state index in [-0.39, 0.29) is 4.90 Å². The number of hydrogen-bond acceptors (Lipinski definition) is 6. The lowest BCUT2D eigenvalue weighted by Gasteiger charge is -2.06. The van der Waals surface area contributed by atoms with Crippen LogP contribution in [-0.2, 0) is 14.8 Å². The van der Waals surface area contributed by atoms with Gasteiger partial charge in [0, 0.05) is 0 Å². The van der Waals surface area contributed by atoms with Gasteiger partial charge in [-0.15, -0.1) is 0 Å². The molecule has 8 nitrogen and oxygen atoms in total. The second-order valence-corrected chi connectivity index (χ2v) is 8.53. The molecular weight excluding hydrogens is 430 g/mol. The van der Waals surface area contributed by atoms with E-state index in [1.807, 2.05) is 13.0 Å².